The Morgan fingerprint density at radius 2 is 1.71 bits per heavy atom. The van der Waals surface area contributed by atoms with Crippen molar-refractivity contribution in [3.8, 4) is 0 Å². The Bertz CT molecular complexity index is 755. The molecule has 0 unspecified atom stereocenters. The van der Waals surface area contributed by atoms with E-state index in [1.165, 1.54) is 11.8 Å². The molecule has 0 bridgehead atoms. The largest absolute Gasteiger partial charge is 0.452 e. The first-order chi connectivity index (χ1) is 13.4. The summed E-state index contributed by atoms with van der Waals surface area (Å²) in [6.07, 6.45) is 2.24. The van der Waals surface area contributed by atoms with Gasteiger partial charge in [0.15, 0.2) is 6.10 Å². The van der Waals surface area contributed by atoms with Gasteiger partial charge < -0.3 is 10.1 Å². The molecule has 1 saturated carbocycles. The van der Waals surface area contributed by atoms with E-state index in [0.29, 0.717) is 10.7 Å². The van der Waals surface area contributed by atoms with Crippen molar-refractivity contribution in [3.63, 3.8) is 0 Å². The van der Waals surface area contributed by atoms with Crippen LogP contribution in [0.2, 0.25) is 5.02 Å². The SMILES string of the molecule is C[C@@H](OC(=O)CCN1C(=O)[C@H]2CCCC[C@H]2C1=O)C(=O)Nc1ccc(Cl)cc1. The molecule has 1 aliphatic heterocycles. The van der Waals surface area contributed by atoms with Crippen LogP contribution in [0.5, 0.6) is 0 Å². The highest BCUT2D eigenvalue weighted by molar-refractivity contribution is 6.30. The minimum Gasteiger partial charge on any atom is -0.452 e. The lowest BCUT2D eigenvalue weighted by molar-refractivity contribution is -0.154. The number of imide groups is 1. The molecule has 1 saturated heterocycles. The van der Waals surface area contributed by atoms with Crippen LogP contribution in [0.15, 0.2) is 24.3 Å². The molecular formula is C20H23ClN2O5. The van der Waals surface area contributed by atoms with Crippen LogP contribution in [0.3, 0.4) is 0 Å². The molecule has 3 atom stereocenters. The number of rotatable bonds is 6. The van der Waals surface area contributed by atoms with Gasteiger partial charge in [-0.15, -0.1) is 0 Å². The Kier molecular flexibility index (Phi) is 6.34. The zero-order valence-corrected chi connectivity index (χ0v) is 16.4. The molecule has 150 valence electrons. The summed E-state index contributed by atoms with van der Waals surface area (Å²) in [5, 5.41) is 3.17. The standard InChI is InChI=1S/C20H23ClN2O5/c1-12(18(25)22-14-8-6-13(21)7-9-14)28-17(24)10-11-23-19(26)15-4-2-3-5-16(15)20(23)27/h6-9,12,15-16H,2-5,10-11H2,1H3,(H,22,25)/t12-,15-,16+/m1/s1. The normalized spacial score (nSPS) is 22.6. The van der Waals surface area contributed by atoms with Gasteiger partial charge in [0.1, 0.15) is 0 Å². The van der Waals surface area contributed by atoms with Crippen molar-refractivity contribution in [2.24, 2.45) is 11.8 Å². The van der Waals surface area contributed by atoms with Gasteiger partial charge in [-0.1, -0.05) is 24.4 Å². The number of fused-ring (bicyclic) bond motifs is 1. The van der Waals surface area contributed by atoms with Crippen LogP contribution in [-0.2, 0) is 23.9 Å². The van der Waals surface area contributed by atoms with Crippen LogP contribution in [0.4, 0.5) is 5.69 Å². The zero-order valence-electron chi connectivity index (χ0n) is 15.7. The molecule has 28 heavy (non-hydrogen) atoms. The zero-order chi connectivity index (χ0) is 20.3. The summed E-state index contributed by atoms with van der Waals surface area (Å²) < 4.78 is 5.13. The van der Waals surface area contributed by atoms with Crippen LogP contribution < -0.4 is 5.32 Å². The van der Waals surface area contributed by atoms with Gasteiger partial charge in [-0.25, -0.2) is 0 Å². The molecule has 7 nitrogen and oxygen atoms in total. The van der Waals surface area contributed by atoms with E-state index in [4.69, 9.17) is 16.3 Å². The fraction of sp³-hybridized carbons (Fsp3) is 0.500. The van der Waals surface area contributed by atoms with E-state index in [9.17, 15) is 19.2 Å². The summed E-state index contributed by atoms with van der Waals surface area (Å²) in [6.45, 7) is 1.46. The molecular weight excluding hydrogens is 384 g/mol. The molecule has 3 amide bonds. The predicted octanol–water partition coefficient (Wildman–Crippen LogP) is 2.78. The maximum absolute atomic E-state index is 12.4. The van der Waals surface area contributed by atoms with E-state index in [0.717, 1.165) is 25.7 Å². The molecule has 1 N–H and O–H groups in total. The van der Waals surface area contributed by atoms with Crippen LogP contribution >= 0.6 is 11.6 Å². The quantitative estimate of drug-likeness (QED) is 0.579. The number of anilines is 1. The third-order valence-corrected chi connectivity index (χ3v) is 5.51. The fourth-order valence-corrected chi connectivity index (χ4v) is 3.87. The van der Waals surface area contributed by atoms with Crippen molar-refractivity contribution in [2.45, 2.75) is 45.1 Å². The summed E-state index contributed by atoms with van der Waals surface area (Å²) in [5.41, 5.74) is 0.535. The maximum atomic E-state index is 12.4. The third-order valence-electron chi connectivity index (χ3n) is 5.26. The fourth-order valence-electron chi connectivity index (χ4n) is 3.74. The summed E-state index contributed by atoms with van der Waals surface area (Å²) in [5.74, 6) is -1.95. The first kappa shape index (κ1) is 20.3. The van der Waals surface area contributed by atoms with Crippen LogP contribution in [0, 0.1) is 11.8 Å². The van der Waals surface area contributed by atoms with Gasteiger partial charge in [0.2, 0.25) is 11.8 Å². The number of amides is 3. The van der Waals surface area contributed by atoms with E-state index in [2.05, 4.69) is 5.32 Å². The van der Waals surface area contributed by atoms with E-state index in [-0.39, 0.29) is 36.6 Å². The van der Waals surface area contributed by atoms with Crippen LogP contribution in [0.25, 0.3) is 0 Å². The van der Waals surface area contributed by atoms with Crippen LogP contribution in [0.1, 0.15) is 39.0 Å². The summed E-state index contributed by atoms with van der Waals surface area (Å²) >= 11 is 5.79. The van der Waals surface area contributed by atoms with Gasteiger partial charge in [-0.2, -0.15) is 0 Å². The highest BCUT2D eigenvalue weighted by Crippen LogP contribution is 2.37. The van der Waals surface area contributed by atoms with Gasteiger partial charge in [0.25, 0.3) is 5.91 Å². The molecule has 0 aromatic heterocycles. The van der Waals surface area contributed by atoms with Gasteiger partial charge in [-0.3, -0.25) is 24.1 Å². The minimum atomic E-state index is -1.00. The van der Waals surface area contributed by atoms with Gasteiger partial charge in [0.05, 0.1) is 18.3 Å². The number of likely N-dealkylation sites (tertiary alicyclic amines) is 1. The van der Waals surface area contributed by atoms with Crippen molar-refractivity contribution < 1.29 is 23.9 Å². The number of ether oxygens (including phenoxy) is 1. The molecule has 1 aromatic rings. The van der Waals surface area contributed by atoms with E-state index in [1.807, 2.05) is 0 Å². The molecule has 0 spiro atoms. The summed E-state index contributed by atoms with van der Waals surface area (Å²) in [4.78, 5) is 50.2. The summed E-state index contributed by atoms with van der Waals surface area (Å²) in [6, 6.07) is 6.54. The molecule has 8 heteroatoms. The number of benzene rings is 1. The van der Waals surface area contributed by atoms with Crippen molar-refractivity contribution >= 4 is 41.0 Å². The highest BCUT2D eigenvalue weighted by Gasteiger charge is 2.47. The Morgan fingerprint density at radius 1 is 1.14 bits per heavy atom. The number of halogens is 1. The van der Waals surface area contributed by atoms with Crippen molar-refractivity contribution in [2.75, 3.05) is 11.9 Å². The first-order valence-corrected chi connectivity index (χ1v) is 9.85. The molecule has 3 rings (SSSR count). The topological polar surface area (TPSA) is 92.8 Å². The van der Waals surface area contributed by atoms with Gasteiger partial charge in [-0.05, 0) is 44.0 Å². The second-order valence-corrected chi connectivity index (χ2v) is 7.64. The second kappa shape index (κ2) is 8.73. The van der Waals surface area contributed by atoms with Crippen molar-refractivity contribution in [1.82, 2.24) is 4.90 Å². The van der Waals surface area contributed by atoms with E-state index in [1.54, 1.807) is 24.3 Å². The number of carbonyl (C=O) groups excluding carboxylic acids is 4. The lowest BCUT2D eigenvalue weighted by atomic mass is 9.81. The Balaban J connectivity index is 1.47. The monoisotopic (exact) mass is 406 g/mol. The number of nitrogens with zero attached hydrogens (tertiary/aromatic N) is 1. The van der Waals surface area contributed by atoms with E-state index >= 15 is 0 Å². The van der Waals surface area contributed by atoms with E-state index < -0.39 is 18.0 Å². The lowest BCUT2D eigenvalue weighted by Gasteiger charge is -2.19. The molecule has 1 heterocycles. The average Bonchev–Trinajstić information content (AvgIpc) is 2.92. The van der Waals surface area contributed by atoms with Crippen LogP contribution in [-0.4, -0.2) is 41.2 Å². The highest BCUT2D eigenvalue weighted by atomic mass is 35.5. The summed E-state index contributed by atoms with van der Waals surface area (Å²) in [7, 11) is 0. The lowest BCUT2D eigenvalue weighted by Crippen LogP contribution is -2.35. The number of nitrogens with one attached hydrogen (secondary N) is 1. The number of carbonyl (C=O) groups is 4. The molecule has 2 aliphatic rings. The van der Waals surface area contributed by atoms with Crippen molar-refractivity contribution in [1.29, 1.82) is 0 Å². The maximum Gasteiger partial charge on any atom is 0.308 e. The first-order valence-electron chi connectivity index (χ1n) is 9.48. The predicted molar refractivity (Wildman–Crippen MR) is 102 cm³/mol. The molecule has 0 radical (unpaired) electrons. The average molecular weight is 407 g/mol. The number of esters is 1. The third kappa shape index (κ3) is 4.52. The Labute approximate surface area is 168 Å². The molecule has 1 aromatic carbocycles. The smallest absolute Gasteiger partial charge is 0.308 e. The number of hydrogen-bond donors (Lipinski definition) is 1. The van der Waals surface area contributed by atoms with Gasteiger partial charge in [0, 0.05) is 17.3 Å². The minimum absolute atomic E-state index is 0.00494. The molecule has 1 aliphatic carbocycles. The molecule has 2 fully saturated rings. The number of hydrogen-bond acceptors (Lipinski definition) is 5. The van der Waals surface area contributed by atoms with Crippen molar-refractivity contribution in [3.05, 3.63) is 29.3 Å². The van der Waals surface area contributed by atoms with Gasteiger partial charge >= 0.3 is 5.97 Å². The second-order valence-electron chi connectivity index (χ2n) is 7.20. The Hall–Kier alpha value is -2.41. The Morgan fingerprint density at radius 3 is 2.29 bits per heavy atom.